The highest BCUT2D eigenvalue weighted by molar-refractivity contribution is 5.94. The number of nitrogens with zero attached hydrogens (tertiary/aromatic N) is 1. The van der Waals surface area contributed by atoms with Gasteiger partial charge in [0, 0.05) is 19.0 Å². The molecule has 0 aliphatic rings. The van der Waals surface area contributed by atoms with Crippen LogP contribution >= 0.6 is 0 Å². The maximum Gasteiger partial charge on any atom is 0.181 e. The number of pyridine rings is 1. The van der Waals surface area contributed by atoms with Gasteiger partial charge >= 0.3 is 0 Å². The van der Waals surface area contributed by atoms with E-state index in [9.17, 15) is 9.59 Å². The summed E-state index contributed by atoms with van der Waals surface area (Å²) in [7, 11) is 0. The van der Waals surface area contributed by atoms with Crippen LogP contribution < -0.4 is 0 Å². The third-order valence-corrected chi connectivity index (χ3v) is 1.88. The molecule has 0 fully saturated rings. The summed E-state index contributed by atoms with van der Waals surface area (Å²) in [5, 5.41) is 0. The summed E-state index contributed by atoms with van der Waals surface area (Å²) in [6.45, 7) is 1.53. The molecule has 3 nitrogen and oxygen atoms in total. The van der Waals surface area contributed by atoms with Crippen molar-refractivity contribution in [3.05, 3.63) is 30.1 Å². The Morgan fingerprint density at radius 3 is 2.64 bits per heavy atom. The zero-order valence-corrected chi connectivity index (χ0v) is 8.19. The standard InChI is InChI=1S/C11H13NO2/c1-9(13)5-4-7-11(14)10-6-2-3-8-12-10/h2-3,6,8H,4-5,7H2,1H3. The number of rotatable bonds is 5. The van der Waals surface area contributed by atoms with Crippen molar-refractivity contribution in [1.29, 1.82) is 0 Å². The van der Waals surface area contributed by atoms with E-state index in [1.807, 2.05) is 0 Å². The van der Waals surface area contributed by atoms with E-state index in [1.54, 1.807) is 24.4 Å². The van der Waals surface area contributed by atoms with E-state index in [0.29, 0.717) is 25.0 Å². The predicted octanol–water partition coefficient (Wildman–Crippen LogP) is 2.02. The number of carbonyl (C=O) groups is 2. The van der Waals surface area contributed by atoms with E-state index < -0.39 is 0 Å². The van der Waals surface area contributed by atoms with Gasteiger partial charge in [-0.25, -0.2) is 0 Å². The first-order valence-corrected chi connectivity index (χ1v) is 4.64. The van der Waals surface area contributed by atoms with Crippen molar-refractivity contribution in [1.82, 2.24) is 4.98 Å². The Morgan fingerprint density at radius 2 is 2.07 bits per heavy atom. The van der Waals surface area contributed by atoms with Crippen molar-refractivity contribution < 1.29 is 9.59 Å². The van der Waals surface area contributed by atoms with Crippen LogP contribution in [0.2, 0.25) is 0 Å². The number of hydrogen-bond donors (Lipinski definition) is 0. The van der Waals surface area contributed by atoms with E-state index in [2.05, 4.69) is 4.98 Å². The summed E-state index contributed by atoms with van der Waals surface area (Å²) in [5.41, 5.74) is 0.482. The van der Waals surface area contributed by atoms with Gasteiger partial charge in [0.2, 0.25) is 0 Å². The third-order valence-electron chi connectivity index (χ3n) is 1.88. The third kappa shape index (κ3) is 3.47. The molecule has 0 N–H and O–H groups in total. The van der Waals surface area contributed by atoms with Crippen molar-refractivity contribution in [3.63, 3.8) is 0 Å². The van der Waals surface area contributed by atoms with Crippen LogP contribution in [0, 0.1) is 0 Å². The normalized spacial score (nSPS) is 9.79. The van der Waals surface area contributed by atoms with Gasteiger partial charge in [-0.3, -0.25) is 9.78 Å². The van der Waals surface area contributed by atoms with Gasteiger partial charge in [0.1, 0.15) is 11.5 Å². The monoisotopic (exact) mass is 191 g/mol. The number of Topliss-reactive ketones (excluding diaryl/α,β-unsaturated/α-hetero) is 2. The van der Waals surface area contributed by atoms with Crippen LogP contribution in [-0.4, -0.2) is 16.6 Å². The van der Waals surface area contributed by atoms with Gasteiger partial charge < -0.3 is 4.79 Å². The SMILES string of the molecule is CC(=O)CCCC(=O)c1ccccn1. The second kappa shape index (κ2) is 5.27. The van der Waals surface area contributed by atoms with Crippen LogP contribution in [0.5, 0.6) is 0 Å². The van der Waals surface area contributed by atoms with Crippen molar-refractivity contribution in [2.45, 2.75) is 26.2 Å². The van der Waals surface area contributed by atoms with Crippen LogP contribution in [0.15, 0.2) is 24.4 Å². The first kappa shape index (κ1) is 10.6. The number of ketones is 2. The average Bonchev–Trinajstić information content (AvgIpc) is 2.18. The molecule has 0 spiro atoms. The van der Waals surface area contributed by atoms with Crippen molar-refractivity contribution in [2.24, 2.45) is 0 Å². The molecule has 0 bridgehead atoms. The quantitative estimate of drug-likeness (QED) is 0.669. The Hall–Kier alpha value is -1.51. The molecule has 1 aromatic heterocycles. The molecule has 0 amide bonds. The van der Waals surface area contributed by atoms with Gasteiger partial charge in [-0.2, -0.15) is 0 Å². The van der Waals surface area contributed by atoms with Gasteiger partial charge in [0.25, 0.3) is 0 Å². The lowest BCUT2D eigenvalue weighted by Crippen LogP contribution is -2.02. The number of carbonyl (C=O) groups excluding carboxylic acids is 2. The van der Waals surface area contributed by atoms with Gasteiger partial charge in [0.15, 0.2) is 5.78 Å². The molecular formula is C11H13NO2. The molecule has 14 heavy (non-hydrogen) atoms. The zero-order chi connectivity index (χ0) is 10.4. The van der Waals surface area contributed by atoms with E-state index in [1.165, 1.54) is 6.92 Å². The smallest absolute Gasteiger partial charge is 0.181 e. The molecular weight excluding hydrogens is 178 g/mol. The molecule has 0 atom stereocenters. The molecule has 1 aromatic rings. The van der Waals surface area contributed by atoms with E-state index in [-0.39, 0.29) is 11.6 Å². The summed E-state index contributed by atoms with van der Waals surface area (Å²) < 4.78 is 0. The van der Waals surface area contributed by atoms with Gasteiger partial charge in [-0.15, -0.1) is 0 Å². The highest BCUT2D eigenvalue weighted by Gasteiger charge is 2.06. The molecule has 0 unspecified atom stereocenters. The van der Waals surface area contributed by atoms with Gasteiger partial charge in [-0.1, -0.05) is 6.07 Å². The predicted molar refractivity (Wildman–Crippen MR) is 53.1 cm³/mol. The van der Waals surface area contributed by atoms with E-state index in [4.69, 9.17) is 0 Å². The summed E-state index contributed by atoms with van der Waals surface area (Å²) in [5.74, 6) is 0.130. The number of hydrogen-bond acceptors (Lipinski definition) is 3. The molecule has 0 aliphatic heterocycles. The fourth-order valence-corrected chi connectivity index (χ4v) is 1.15. The Labute approximate surface area is 83.2 Å². The van der Waals surface area contributed by atoms with Crippen LogP contribution in [0.1, 0.15) is 36.7 Å². The van der Waals surface area contributed by atoms with Crippen LogP contribution in [0.3, 0.4) is 0 Å². The Balaban J connectivity index is 2.40. The molecule has 3 heteroatoms. The molecule has 74 valence electrons. The zero-order valence-electron chi connectivity index (χ0n) is 8.19. The van der Waals surface area contributed by atoms with Crippen molar-refractivity contribution in [3.8, 4) is 0 Å². The lowest BCUT2D eigenvalue weighted by molar-refractivity contribution is -0.117. The van der Waals surface area contributed by atoms with Crippen LogP contribution in [0.4, 0.5) is 0 Å². The van der Waals surface area contributed by atoms with Crippen LogP contribution in [-0.2, 0) is 4.79 Å². The molecule has 0 saturated heterocycles. The molecule has 1 rings (SSSR count). The highest BCUT2D eigenvalue weighted by atomic mass is 16.1. The Bertz CT molecular complexity index is 319. The molecule has 0 aliphatic carbocycles. The molecule has 1 heterocycles. The minimum Gasteiger partial charge on any atom is -0.300 e. The van der Waals surface area contributed by atoms with E-state index in [0.717, 1.165) is 0 Å². The number of aromatic nitrogens is 1. The summed E-state index contributed by atoms with van der Waals surface area (Å²) in [6.07, 6.45) is 3.08. The summed E-state index contributed by atoms with van der Waals surface area (Å²) in [6, 6.07) is 5.24. The maximum absolute atomic E-state index is 11.5. The highest BCUT2D eigenvalue weighted by Crippen LogP contribution is 2.04. The van der Waals surface area contributed by atoms with Gasteiger partial charge in [0.05, 0.1) is 0 Å². The second-order valence-electron chi connectivity index (χ2n) is 3.19. The van der Waals surface area contributed by atoms with Crippen LogP contribution in [0.25, 0.3) is 0 Å². The molecule has 0 saturated carbocycles. The Morgan fingerprint density at radius 1 is 1.29 bits per heavy atom. The van der Waals surface area contributed by atoms with Crippen molar-refractivity contribution in [2.75, 3.05) is 0 Å². The summed E-state index contributed by atoms with van der Waals surface area (Å²) >= 11 is 0. The lowest BCUT2D eigenvalue weighted by atomic mass is 10.1. The van der Waals surface area contributed by atoms with E-state index >= 15 is 0 Å². The minimum absolute atomic E-state index is 0.00634. The largest absolute Gasteiger partial charge is 0.300 e. The fourth-order valence-electron chi connectivity index (χ4n) is 1.15. The van der Waals surface area contributed by atoms with Crippen molar-refractivity contribution >= 4 is 11.6 Å². The fraction of sp³-hybridized carbons (Fsp3) is 0.364. The maximum atomic E-state index is 11.5. The first-order valence-electron chi connectivity index (χ1n) is 4.64. The second-order valence-corrected chi connectivity index (χ2v) is 3.19. The minimum atomic E-state index is 0.00634. The lowest BCUT2D eigenvalue weighted by Gasteiger charge is -1.98. The van der Waals surface area contributed by atoms with Gasteiger partial charge in [-0.05, 0) is 25.5 Å². The molecule has 0 aromatic carbocycles. The first-order chi connectivity index (χ1) is 6.70. The topological polar surface area (TPSA) is 47.0 Å². The molecule has 0 radical (unpaired) electrons. The Kier molecular flexibility index (Phi) is 3.98. The summed E-state index contributed by atoms with van der Waals surface area (Å²) in [4.78, 5) is 26.0. The average molecular weight is 191 g/mol.